The van der Waals surface area contributed by atoms with Gasteiger partial charge in [0, 0.05) is 0 Å². The molecule has 0 aromatic rings. The molecule has 0 saturated heterocycles. The van der Waals surface area contributed by atoms with Gasteiger partial charge in [0.05, 0.1) is 6.54 Å². The molecule has 0 rings (SSSR count). The standard InChI is InChI=1S/C30H55NO6/c1-5-6-7-8-9-10-11-12-13-14-15-16-17-18-19-20-21-22-23-24-31(25(2)28(32)33,26(3)29(34)35)27(4)30(36)37/h22-23,25-27H,5-21,24H2,1-4H3,(H2-,32,33,34,35,36,37)/p+1/b23-22+. The highest BCUT2D eigenvalue weighted by atomic mass is 16.4. The Balaban J connectivity index is 4.21. The van der Waals surface area contributed by atoms with Crippen LogP contribution in [-0.4, -0.2) is 62.4 Å². The first-order valence-corrected chi connectivity index (χ1v) is 14.8. The van der Waals surface area contributed by atoms with Crippen LogP contribution >= 0.6 is 0 Å². The number of hydrogen-bond acceptors (Lipinski definition) is 3. The molecule has 0 saturated carbocycles. The molecule has 0 aromatic heterocycles. The van der Waals surface area contributed by atoms with Gasteiger partial charge in [-0.15, -0.1) is 0 Å². The Morgan fingerprint density at radius 2 is 0.838 bits per heavy atom. The fourth-order valence-corrected chi connectivity index (χ4v) is 5.28. The maximum atomic E-state index is 11.8. The highest BCUT2D eigenvalue weighted by molar-refractivity contribution is 5.77. The number of carbonyl (C=O) groups is 3. The third-order valence-electron chi connectivity index (χ3n) is 8.05. The van der Waals surface area contributed by atoms with Crippen LogP contribution in [0.5, 0.6) is 0 Å². The van der Waals surface area contributed by atoms with Crippen molar-refractivity contribution in [1.82, 2.24) is 0 Å². The van der Waals surface area contributed by atoms with Gasteiger partial charge in [-0.3, -0.25) is 4.48 Å². The number of quaternary nitrogens is 1. The van der Waals surface area contributed by atoms with Gasteiger partial charge in [0.2, 0.25) is 0 Å². The van der Waals surface area contributed by atoms with Gasteiger partial charge in [-0.05, 0) is 39.7 Å². The molecule has 7 nitrogen and oxygen atoms in total. The van der Waals surface area contributed by atoms with E-state index in [4.69, 9.17) is 0 Å². The van der Waals surface area contributed by atoms with Crippen molar-refractivity contribution in [1.29, 1.82) is 0 Å². The summed E-state index contributed by atoms with van der Waals surface area (Å²) in [5.74, 6) is -3.60. The second kappa shape index (κ2) is 21.1. The normalized spacial score (nSPS) is 15.8. The topological polar surface area (TPSA) is 112 Å². The number of allylic oxidation sites excluding steroid dienone is 1. The summed E-state index contributed by atoms with van der Waals surface area (Å²) in [6, 6.07) is -3.51. The number of hydrogen-bond donors (Lipinski definition) is 3. The highest BCUT2D eigenvalue weighted by Gasteiger charge is 2.52. The lowest BCUT2D eigenvalue weighted by atomic mass is 10.0. The summed E-state index contributed by atoms with van der Waals surface area (Å²) in [7, 11) is 0. The first-order chi connectivity index (χ1) is 17.6. The summed E-state index contributed by atoms with van der Waals surface area (Å²) in [6.45, 7) is 6.49. The average molecular weight is 527 g/mol. The van der Waals surface area contributed by atoms with Crippen LogP contribution in [0, 0.1) is 0 Å². The van der Waals surface area contributed by atoms with Crippen molar-refractivity contribution in [3.63, 3.8) is 0 Å². The molecule has 0 heterocycles. The van der Waals surface area contributed by atoms with Crippen molar-refractivity contribution >= 4 is 17.9 Å². The van der Waals surface area contributed by atoms with Crippen molar-refractivity contribution in [3.8, 4) is 0 Å². The zero-order valence-electron chi connectivity index (χ0n) is 24.1. The molecule has 0 aliphatic heterocycles. The number of aliphatic carboxylic acids is 3. The number of carboxylic acid groups (broad SMARTS) is 3. The molecule has 3 unspecified atom stereocenters. The van der Waals surface area contributed by atoms with E-state index in [1.807, 2.05) is 6.08 Å². The fourth-order valence-electron chi connectivity index (χ4n) is 5.28. The van der Waals surface area contributed by atoms with E-state index in [1.165, 1.54) is 111 Å². The SMILES string of the molecule is CCCCCCCCCCCCCCCCCC/C=C/C[N+](C(C)C(=O)O)(C(C)C(=O)O)C(C)C(=O)O. The number of nitrogens with zero attached hydrogens (tertiary/aromatic N) is 1. The molecule has 7 heteroatoms. The van der Waals surface area contributed by atoms with Crippen molar-refractivity contribution in [2.24, 2.45) is 0 Å². The van der Waals surface area contributed by atoms with E-state index in [0.717, 1.165) is 19.3 Å². The summed E-state index contributed by atoms with van der Waals surface area (Å²) in [5, 5.41) is 28.8. The molecule has 0 radical (unpaired) electrons. The average Bonchev–Trinajstić information content (AvgIpc) is 2.86. The van der Waals surface area contributed by atoms with Crippen LogP contribution < -0.4 is 0 Å². The Kier molecular flexibility index (Phi) is 20.0. The Bertz CT molecular complexity index is 612. The Morgan fingerprint density at radius 3 is 1.14 bits per heavy atom. The van der Waals surface area contributed by atoms with E-state index in [0.29, 0.717) is 0 Å². The van der Waals surface area contributed by atoms with Gasteiger partial charge in [-0.1, -0.05) is 109 Å². The number of rotatable bonds is 25. The Labute approximate surface area is 225 Å². The third-order valence-corrected chi connectivity index (χ3v) is 8.05. The lowest BCUT2D eigenvalue weighted by molar-refractivity contribution is -0.962. The predicted molar refractivity (Wildman–Crippen MR) is 150 cm³/mol. The molecule has 216 valence electrons. The van der Waals surface area contributed by atoms with Crippen LogP contribution in [0.3, 0.4) is 0 Å². The number of carboxylic acids is 3. The minimum Gasteiger partial charge on any atom is -0.477 e. The quantitative estimate of drug-likeness (QED) is 0.0648. The maximum absolute atomic E-state index is 11.8. The lowest BCUT2D eigenvalue weighted by Gasteiger charge is -2.46. The molecule has 0 aliphatic rings. The van der Waals surface area contributed by atoms with E-state index in [-0.39, 0.29) is 6.54 Å². The minimum atomic E-state index is -1.20. The van der Waals surface area contributed by atoms with E-state index in [1.54, 1.807) is 6.08 Å². The van der Waals surface area contributed by atoms with Gasteiger partial charge >= 0.3 is 17.9 Å². The first kappa shape index (κ1) is 35.1. The smallest absolute Gasteiger partial charge is 0.362 e. The zero-order valence-corrected chi connectivity index (χ0v) is 24.1. The van der Waals surface area contributed by atoms with Gasteiger partial charge < -0.3 is 15.3 Å². The van der Waals surface area contributed by atoms with Crippen LogP contribution in [0.25, 0.3) is 0 Å². The monoisotopic (exact) mass is 526 g/mol. The largest absolute Gasteiger partial charge is 0.477 e. The molecule has 37 heavy (non-hydrogen) atoms. The van der Waals surface area contributed by atoms with E-state index >= 15 is 0 Å². The van der Waals surface area contributed by atoms with Crippen molar-refractivity contribution in [3.05, 3.63) is 12.2 Å². The summed E-state index contributed by atoms with van der Waals surface area (Å²) in [6.07, 6.45) is 25.5. The highest BCUT2D eigenvalue weighted by Crippen LogP contribution is 2.26. The molecule has 0 fully saturated rings. The van der Waals surface area contributed by atoms with Crippen LogP contribution in [0.15, 0.2) is 12.2 Å². The molecular formula is C30H56NO6+. The van der Waals surface area contributed by atoms with Gasteiger partial charge in [-0.25, -0.2) is 14.4 Å². The molecule has 0 bridgehead atoms. The van der Waals surface area contributed by atoms with Crippen LogP contribution in [0.4, 0.5) is 0 Å². The Morgan fingerprint density at radius 1 is 0.541 bits per heavy atom. The van der Waals surface area contributed by atoms with Crippen LogP contribution in [0.1, 0.15) is 137 Å². The fraction of sp³-hybridized carbons (Fsp3) is 0.833. The molecule has 3 atom stereocenters. The van der Waals surface area contributed by atoms with Gasteiger partial charge in [-0.2, -0.15) is 0 Å². The summed E-state index contributed by atoms with van der Waals surface area (Å²) in [4.78, 5) is 35.3. The minimum absolute atomic E-state index is 0.0489. The summed E-state index contributed by atoms with van der Waals surface area (Å²) >= 11 is 0. The van der Waals surface area contributed by atoms with E-state index < -0.39 is 40.5 Å². The van der Waals surface area contributed by atoms with Gasteiger partial charge in [0.25, 0.3) is 0 Å². The van der Waals surface area contributed by atoms with Gasteiger partial charge in [0.15, 0.2) is 18.1 Å². The van der Waals surface area contributed by atoms with Crippen LogP contribution in [0.2, 0.25) is 0 Å². The molecule has 0 amide bonds. The predicted octanol–water partition coefficient (Wildman–Crippen LogP) is 7.43. The summed E-state index contributed by atoms with van der Waals surface area (Å²) in [5.41, 5.74) is 0. The van der Waals surface area contributed by atoms with Crippen molar-refractivity contribution in [2.75, 3.05) is 6.54 Å². The van der Waals surface area contributed by atoms with E-state index in [2.05, 4.69) is 6.92 Å². The Hall–Kier alpha value is -1.89. The molecule has 3 N–H and O–H groups in total. The van der Waals surface area contributed by atoms with Gasteiger partial charge in [0.1, 0.15) is 0 Å². The molecule has 0 spiro atoms. The lowest BCUT2D eigenvalue weighted by Crippen LogP contribution is -2.70. The molecule has 0 aliphatic carbocycles. The van der Waals surface area contributed by atoms with Crippen molar-refractivity contribution < 1.29 is 34.2 Å². The van der Waals surface area contributed by atoms with Crippen molar-refractivity contribution in [2.45, 2.75) is 155 Å². The molecular weight excluding hydrogens is 470 g/mol. The second-order valence-corrected chi connectivity index (χ2v) is 10.8. The summed E-state index contributed by atoms with van der Waals surface area (Å²) < 4.78 is -0.560. The van der Waals surface area contributed by atoms with E-state index in [9.17, 15) is 29.7 Å². The first-order valence-electron chi connectivity index (χ1n) is 14.8. The third kappa shape index (κ3) is 14.0. The second-order valence-electron chi connectivity index (χ2n) is 10.8. The zero-order chi connectivity index (χ0) is 28.1. The number of unbranched alkanes of at least 4 members (excludes halogenated alkanes) is 16. The molecule has 0 aromatic carbocycles. The van der Waals surface area contributed by atoms with Crippen LogP contribution in [-0.2, 0) is 14.4 Å². The maximum Gasteiger partial charge on any atom is 0.362 e.